The number of halogens is 3. The zero-order chi connectivity index (χ0) is 21.2. The van der Waals surface area contributed by atoms with Gasteiger partial charge in [-0.1, -0.05) is 23.5 Å². The van der Waals surface area contributed by atoms with Gasteiger partial charge in [0, 0.05) is 23.9 Å². The Kier molecular flexibility index (Phi) is 5.96. The Morgan fingerprint density at radius 3 is 2.62 bits per heavy atom. The summed E-state index contributed by atoms with van der Waals surface area (Å²) < 4.78 is 39.3. The second kappa shape index (κ2) is 8.27. The first-order chi connectivity index (χ1) is 13.6. The first-order valence-corrected chi connectivity index (χ1v) is 9.73. The fourth-order valence-electron chi connectivity index (χ4n) is 2.85. The highest BCUT2D eigenvalue weighted by molar-refractivity contribution is 7.15. The van der Waals surface area contributed by atoms with Crippen molar-refractivity contribution in [3.05, 3.63) is 40.4 Å². The lowest BCUT2D eigenvalue weighted by molar-refractivity contribution is -0.136. The van der Waals surface area contributed by atoms with Crippen LogP contribution in [0.5, 0.6) is 0 Å². The number of hydrogen-bond acceptors (Lipinski definition) is 4. The Hall–Kier alpha value is -2.82. The van der Waals surface area contributed by atoms with E-state index >= 15 is 0 Å². The maximum Gasteiger partial charge on any atom is 0.418 e. The summed E-state index contributed by atoms with van der Waals surface area (Å²) in [6, 6.07) is 3.83. The molecule has 0 bridgehead atoms. The Morgan fingerprint density at radius 2 is 1.93 bits per heavy atom. The molecule has 1 aliphatic heterocycles. The van der Waals surface area contributed by atoms with Gasteiger partial charge in [0.25, 0.3) is 0 Å². The van der Waals surface area contributed by atoms with Crippen molar-refractivity contribution in [1.29, 1.82) is 0 Å². The van der Waals surface area contributed by atoms with Crippen molar-refractivity contribution in [2.45, 2.75) is 39.0 Å². The van der Waals surface area contributed by atoms with Crippen LogP contribution in [-0.4, -0.2) is 34.5 Å². The number of carbonyl (C=O) groups excluding carboxylic acids is 2. The molecule has 0 spiro atoms. The first-order valence-electron chi connectivity index (χ1n) is 8.91. The highest BCUT2D eigenvalue weighted by Gasteiger charge is 2.34. The van der Waals surface area contributed by atoms with Crippen molar-refractivity contribution in [1.82, 2.24) is 15.2 Å². The largest absolute Gasteiger partial charge is 0.418 e. The zero-order valence-electron chi connectivity index (χ0n) is 15.8. The van der Waals surface area contributed by atoms with Crippen LogP contribution in [-0.2, 0) is 19.1 Å². The number of fused-ring (bicyclic) bond motifs is 1. The van der Waals surface area contributed by atoms with Crippen LogP contribution in [0.15, 0.2) is 24.3 Å². The summed E-state index contributed by atoms with van der Waals surface area (Å²) in [5.74, 6) is 0. The number of urea groups is 2. The van der Waals surface area contributed by atoms with Crippen LogP contribution in [0.25, 0.3) is 0 Å². The minimum atomic E-state index is -4.56. The maximum atomic E-state index is 13.1. The lowest BCUT2D eigenvalue weighted by Crippen LogP contribution is -2.38. The van der Waals surface area contributed by atoms with Crippen LogP contribution in [0.2, 0.25) is 0 Å². The van der Waals surface area contributed by atoms with Crippen molar-refractivity contribution in [3.63, 3.8) is 0 Å². The number of rotatable bonds is 3. The summed E-state index contributed by atoms with van der Waals surface area (Å²) in [4.78, 5) is 30.9. The number of thiazole rings is 1. The van der Waals surface area contributed by atoms with Gasteiger partial charge in [-0.25, -0.2) is 14.6 Å². The molecule has 3 rings (SSSR count). The molecule has 156 valence electrons. The average molecular weight is 427 g/mol. The molecule has 1 aromatic carbocycles. The highest BCUT2D eigenvalue weighted by Crippen LogP contribution is 2.35. The molecule has 1 aliphatic rings. The van der Waals surface area contributed by atoms with Gasteiger partial charge in [-0.05, 0) is 26.0 Å². The third-order valence-corrected chi connectivity index (χ3v) is 5.13. The van der Waals surface area contributed by atoms with E-state index in [1.165, 1.54) is 34.4 Å². The summed E-state index contributed by atoms with van der Waals surface area (Å²) in [6.45, 7) is 4.19. The number of alkyl halides is 3. The van der Waals surface area contributed by atoms with Gasteiger partial charge < -0.3 is 15.5 Å². The van der Waals surface area contributed by atoms with Crippen molar-refractivity contribution < 1.29 is 22.8 Å². The topological polar surface area (TPSA) is 86.4 Å². The number of para-hydroxylation sites is 1. The fourth-order valence-corrected chi connectivity index (χ4v) is 3.87. The average Bonchev–Trinajstić information content (AvgIpc) is 3.01. The number of benzene rings is 1. The lowest BCUT2D eigenvalue weighted by atomic mass is 10.1. The minimum absolute atomic E-state index is 0.0247. The number of carbonyl (C=O) groups is 2. The molecule has 0 radical (unpaired) electrons. The molecule has 0 fully saturated rings. The molecule has 4 amide bonds. The molecule has 11 heteroatoms. The van der Waals surface area contributed by atoms with Crippen LogP contribution >= 0.6 is 11.3 Å². The predicted molar refractivity (Wildman–Crippen MR) is 104 cm³/mol. The lowest BCUT2D eigenvalue weighted by Gasteiger charge is -2.26. The Bertz CT molecular complexity index is 913. The summed E-state index contributed by atoms with van der Waals surface area (Å²) in [5, 5.41) is 8.11. The van der Waals surface area contributed by atoms with E-state index in [2.05, 4.69) is 20.9 Å². The highest BCUT2D eigenvalue weighted by atomic mass is 32.1. The van der Waals surface area contributed by atoms with E-state index in [0.29, 0.717) is 18.1 Å². The molecule has 0 aliphatic carbocycles. The third-order valence-electron chi connectivity index (χ3n) is 4.13. The van der Waals surface area contributed by atoms with Gasteiger partial charge in [0.05, 0.1) is 23.5 Å². The molecule has 29 heavy (non-hydrogen) atoms. The summed E-state index contributed by atoms with van der Waals surface area (Å²) in [5.41, 5.74) is -0.408. The molecule has 0 atom stereocenters. The number of anilines is 2. The smallest absolute Gasteiger partial charge is 0.336 e. The van der Waals surface area contributed by atoms with E-state index in [4.69, 9.17) is 0 Å². The third kappa shape index (κ3) is 5.17. The first kappa shape index (κ1) is 20.9. The van der Waals surface area contributed by atoms with E-state index in [1.54, 1.807) is 0 Å². The van der Waals surface area contributed by atoms with Gasteiger partial charge in [-0.2, -0.15) is 13.2 Å². The minimum Gasteiger partial charge on any atom is -0.336 e. The van der Waals surface area contributed by atoms with Crippen molar-refractivity contribution in [3.8, 4) is 0 Å². The normalized spacial score (nSPS) is 13.8. The number of amides is 4. The zero-order valence-corrected chi connectivity index (χ0v) is 16.6. The second-order valence-corrected chi connectivity index (χ2v) is 7.87. The van der Waals surface area contributed by atoms with E-state index in [9.17, 15) is 22.8 Å². The van der Waals surface area contributed by atoms with Gasteiger partial charge in [0.1, 0.15) is 0 Å². The van der Waals surface area contributed by atoms with Gasteiger partial charge in [-0.15, -0.1) is 0 Å². The van der Waals surface area contributed by atoms with Crippen LogP contribution in [0.1, 0.15) is 30.0 Å². The van der Waals surface area contributed by atoms with Crippen molar-refractivity contribution >= 4 is 34.2 Å². The Labute approximate surface area is 169 Å². The molecule has 7 nitrogen and oxygen atoms in total. The number of nitrogens with one attached hydrogen (secondary N) is 3. The van der Waals surface area contributed by atoms with Gasteiger partial charge in [0.15, 0.2) is 5.13 Å². The monoisotopic (exact) mass is 427 g/mol. The molecule has 2 heterocycles. The van der Waals surface area contributed by atoms with Gasteiger partial charge in [0.2, 0.25) is 0 Å². The van der Waals surface area contributed by atoms with Crippen LogP contribution in [0.3, 0.4) is 0 Å². The number of aromatic nitrogens is 1. The van der Waals surface area contributed by atoms with Gasteiger partial charge >= 0.3 is 18.2 Å². The van der Waals surface area contributed by atoms with Crippen LogP contribution < -0.4 is 16.0 Å². The summed E-state index contributed by atoms with van der Waals surface area (Å²) >= 11 is 1.24. The molecule has 2 aromatic rings. The summed E-state index contributed by atoms with van der Waals surface area (Å²) in [7, 11) is 0. The van der Waals surface area contributed by atoms with E-state index in [-0.39, 0.29) is 24.3 Å². The number of nitrogens with zero attached hydrogens (tertiary/aromatic N) is 2. The molecule has 0 saturated carbocycles. The summed E-state index contributed by atoms with van der Waals surface area (Å²) in [6.07, 6.45) is -4.11. The molecular weight excluding hydrogens is 407 g/mol. The fraction of sp³-hybridized carbons (Fsp3) is 0.389. The maximum absolute atomic E-state index is 13.1. The number of hydrogen-bond donors (Lipinski definition) is 3. The van der Waals surface area contributed by atoms with Gasteiger partial charge in [-0.3, -0.25) is 5.32 Å². The Morgan fingerprint density at radius 1 is 1.21 bits per heavy atom. The van der Waals surface area contributed by atoms with Crippen molar-refractivity contribution in [2.24, 2.45) is 0 Å². The molecule has 1 aromatic heterocycles. The quantitative estimate of drug-likeness (QED) is 0.683. The van der Waals surface area contributed by atoms with E-state index < -0.39 is 17.8 Å². The molecule has 0 saturated heterocycles. The predicted octanol–water partition coefficient (Wildman–Crippen LogP) is 4.28. The van der Waals surface area contributed by atoms with E-state index in [0.717, 1.165) is 16.6 Å². The van der Waals surface area contributed by atoms with Crippen LogP contribution in [0, 0.1) is 0 Å². The second-order valence-electron chi connectivity index (χ2n) is 6.79. The SMILES string of the molecule is CC(C)NC(=O)Nc1nc2c(s1)CN(C(=O)Nc1ccccc1C(F)(F)F)CC2. The Balaban J connectivity index is 1.67. The molecule has 3 N–H and O–H groups in total. The van der Waals surface area contributed by atoms with Crippen LogP contribution in [0.4, 0.5) is 33.6 Å². The van der Waals surface area contributed by atoms with E-state index in [1.807, 2.05) is 13.8 Å². The molecule has 0 unspecified atom stereocenters. The standard InChI is InChI=1S/C18H20F3N5O2S/c1-10(2)22-15(27)25-16-23-13-7-8-26(9-14(13)29-16)17(28)24-12-6-4-3-5-11(12)18(19,20)21/h3-6,10H,7-9H2,1-2H3,(H,24,28)(H2,22,23,25,27). The molecular formula is C18H20F3N5O2S. The van der Waals surface area contributed by atoms with Crippen molar-refractivity contribution in [2.75, 3.05) is 17.2 Å².